The van der Waals surface area contributed by atoms with Crippen LogP contribution in [0.15, 0.2) is 11.6 Å². The van der Waals surface area contributed by atoms with Crippen LogP contribution in [0, 0.1) is 0 Å². The monoisotopic (exact) mass is 474 g/mol. The molecule has 182 valence electrons. The zero-order valence-electron chi connectivity index (χ0n) is 18.5. The molecule has 1 aliphatic carbocycles. The Bertz CT molecular complexity index is 760. The molecule has 4 rings (SSSR count). The highest BCUT2D eigenvalue weighted by molar-refractivity contribution is 7.09. The van der Waals surface area contributed by atoms with Crippen molar-refractivity contribution in [3.63, 3.8) is 0 Å². The molecule has 0 bridgehead atoms. The third kappa shape index (κ3) is 4.12. The van der Waals surface area contributed by atoms with E-state index in [2.05, 4.69) is 20.9 Å². The molecule has 2 aliphatic heterocycles. The molecular weight excluding hydrogens is 440 g/mol. The molecule has 32 heavy (non-hydrogen) atoms. The third-order valence-corrected chi connectivity index (χ3v) is 7.60. The summed E-state index contributed by atoms with van der Waals surface area (Å²) in [6.45, 7) is 2.37. The molecule has 10 atom stereocenters. The Labute approximate surface area is 191 Å². The molecule has 0 radical (unpaired) electrons. The minimum absolute atomic E-state index is 0.0360. The van der Waals surface area contributed by atoms with Gasteiger partial charge in [0.05, 0.1) is 29.3 Å². The summed E-state index contributed by atoms with van der Waals surface area (Å²) in [7, 11) is 3.29. The number of hydrogen-bond acceptors (Lipinski definition) is 12. The van der Waals surface area contributed by atoms with Gasteiger partial charge in [-0.05, 0) is 21.0 Å². The molecule has 3 heterocycles. The highest BCUT2D eigenvalue weighted by atomic mass is 32.1. The number of hydrogen-bond donors (Lipinski definition) is 7. The van der Waals surface area contributed by atoms with Gasteiger partial charge in [0.2, 0.25) is 12.1 Å². The fraction of sp³-hybridized carbons (Fsp3) is 0.850. The predicted octanol–water partition coefficient (Wildman–Crippen LogP) is -2.47. The van der Waals surface area contributed by atoms with Crippen LogP contribution in [-0.4, -0.2) is 113 Å². The topological polar surface area (TPSA) is 158 Å². The lowest BCUT2D eigenvalue weighted by atomic mass is 9.77. The van der Waals surface area contributed by atoms with Gasteiger partial charge in [0, 0.05) is 37.5 Å². The maximum atomic E-state index is 11.6. The number of likely N-dealkylation sites (N-methyl/N-ethyl adjacent to an activating group) is 2. The van der Waals surface area contributed by atoms with Crippen LogP contribution in [0.25, 0.3) is 0 Å². The van der Waals surface area contributed by atoms with E-state index < -0.39 is 60.3 Å². The molecule has 1 unspecified atom stereocenters. The Hall–Kier alpha value is -0.770. The molecule has 0 aromatic carbocycles. The van der Waals surface area contributed by atoms with E-state index in [1.807, 2.05) is 5.38 Å². The largest absolute Gasteiger partial charge is 0.390 e. The van der Waals surface area contributed by atoms with Gasteiger partial charge in [0.1, 0.15) is 23.9 Å². The number of aliphatic hydroxyl groups is 4. The minimum Gasteiger partial charge on any atom is -0.390 e. The quantitative estimate of drug-likeness (QED) is 0.210. The Morgan fingerprint density at radius 3 is 2.53 bits per heavy atom. The van der Waals surface area contributed by atoms with Crippen molar-refractivity contribution in [3.8, 4) is 0 Å². The molecule has 1 saturated carbocycles. The van der Waals surface area contributed by atoms with Gasteiger partial charge in [-0.25, -0.2) is 4.98 Å². The number of ether oxygens (including phenoxy) is 3. The summed E-state index contributed by atoms with van der Waals surface area (Å²) in [5, 5.41) is 56.7. The first-order valence-corrected chi connectivity index (χ1v) is 11.9. The van der Waals surface area contributed by atoms with E-state index in [4.69, 9.17) is 14.2 Å². The Morgan fingerprint density at radius 1 is 1.12 bits per heavy atom. The van der Waals surface area contributed by atoms with Crippen molar-refractivity contribution >= 4 is 11.3 Å². The number of thiazole rings is 1. The highest BCUT2D eigenvalue weighted by Gasteiger charge is 2.68. The van der Waals surface area contributed by atoms with E-state index >= 15 is 0 Å². The summed E-state index contributed by atoms with van der Waals surface area (Å²) in [4.78, 5) is 4.24. The SMILES string of the molecule is CN[C@@H]1[C@H](O)[C@H](NC)[C@H]2O[C@]3(O)[C@H](OC2[C@H]1O)O[C@H](C)C[C@@]3(O)CNCCc1nccs1. The minimum atomic E-state index is -2.20. The van der Waals surface area contributed by atoms with Gasteiger partial charge in [-0.1, -0.05) is 0 Å². The number of rotatable bonds is 7. The average molecular weight is 475 g/mol. The normalized spacial score (nSPS) is 46.5. The highest BCUT2D eigenvalue weighted by Crippen LogP contribution is 2.46. The second kappa shape index (κ2) is 9.47. The molecule has 1 aromatic rings. The van der Waals surface area contributed by atoms with Crippen molar-refractivity contribution < 1.29 is 34.6 Å². The smallest absolute Gasteiger partial charge is 0.249 e. The molecule has 3 fully saturated rings. The summed E-state index contributed by atoms with van der Waals surface area (Å²) >= 11 is 1.56. The fourth-order valence-electron chi connectivity index (χ4n) is 5.10. The van der Waals surface area contributed by atoms with Gasteiger partial charge in [-0.2, -0.15) is 0 Å². The predicted molar refractivity (Wildman–Crippen MR) is 115 cm³/mol. The third-order valence-electron chi connectivity index (χ3n) is 6.77. The zero-order valence-corrected chi connectivity index (χ0v) is 19.3. The molecule has 0 spiro atoms. The van der Waals surface area contributed by atoms with Crippen LogP contribution in [-0.2, 0) is 20.6 Å². The number of aliphatic hydroxyl groups excluding tert-OH is 2. The molecule has 7 N–H and O–H groups in total. The average Bonchev–Trinajstić information content (AvgIpc) is 3.26. The van der Waals surface area contributed by atoms with Crippen LogP contribution >= 0.6 is 11.3 Å². The maximum Gasteiger partial charge on any atom is 0.249 e. The lowest BCUT2D eigenvalue weighted by Crippen LogP contribution is -2.81. The van der Waals surface area contributed by atoms with Crippen molar-refractivity contribution in [2.75, 3.05) is 27.2 Å². The molecule has 11 nitrogen and oxygen atoms in total. The van der Waals surface area contributed by atoms with E-state index in [-0.39, 0.29) is 13.0 Å². The van der Waals surface area contributed by atoms with Crippen molar-refractivity contribution in [1.82, 2.24) is 20.9 Å². The van der Waals surface area contributed by atoms with Crippen LogP contribution in [0.5, 0.6) is 0 Å². The van der Waals surface area contributed by atoms with Crippen LogP contribution in [0.3, 0.4) is 0 Å². The van der Waals surface area contributed by atoms with Gasteiger partial charge in [0.25, 0.3) is 0 Å². The van der Waals surface area contributed by atoms with Gasteiger partial charge >= 0.3 is 0 Å². The number of fused-ring (bicyclic) bond motifs is 2. The summed E-state index contributed by atoms with van der Waals surface area (Å²) in [5.74, 6) is -2.20. The van der Waals surface area contributed by atoms with Gasteiger partial charge in [0.15, 0.2) is 0 Å². The van der Waals surface area contributed by atoms with Gasteiger partial charge in [-0.3, -0.25) is 0 Å². The molecule has 3 aliphatic rings. The Kier molecular flexibility index (Phi) is 7.21. The summed E-state index contributed by atoms with van der Waals surface area (Å²) in [6.07, 6.45) is -3.11. The van der Waals surface area contributed by atoms with Crippen molar-refractivity contribution in [2.24, 2.45) is 0 Å². The second-order valence-corrected chi connectivity index (χ2v) is 9.84. The van der Waals surface area contributed by atoms with Crippen LogP contribution < -0.4 is 16.0 Å². The van der Waals surface area contributed by atoms with Crippen LogP contribution in [0.4, 0.5) is 0 Å². The Balaban J connectivity index is 1.53. The number of aromatic nitrogens is 1. The first-order valence-electron chi connectivity index (χ1n) is 11.0. The standard InChI is InChI=1S/C20H34N4O7S/c1-10-8-19(27,9-23-5-4-11-24-6-7-32-11)20(28)18(29-10)30-17-15(26)12(21-2)14(25)13(22-3)16(17)31-20/h6-7,10,12-18,21-23,25-28H,4-5,8-9H2,1-3H3/t10-,12-,13+,14+,15+,16-,17?,18+,19-,20-/m1/s1. The second-order valence-electron chi connectivity index (χ2n) is 8.86. The first kappa shape index (κ1) is 24.4. The lowest BCUT2D eigenvalue weighted by Gasteiger charge is -2.60. The van der Waals surface area contributed by atoms with Crippen LogP contribution in [0.2, 0.25) is 0 Å². The fourth-order valence-corrected chi connectivity index (χ4v) is 5.72. The molecule has 12 heteroatoms. The van der Waals surface area contributed by atoms with E-state index in [1.165, 1.54) is 0 Å². The lowest BCUT2D eigenvalue weighted by molar-refractivity contribution is -0.482. The van der Waals surface area contributed by atoms with E-state index in [0.29, 0.717) is 13.0 Å². The zero-order chi connectivity index (χ0) is 23.1. The first-order chi connectivity index (χ1) is 15.2. The molecular formula is C20H34N4O7S. The van der Waals surface area contributed by atoms with E-state index in [1.54, 1.807) is 38.6 Å². The summed E-state index contributed by atoms with van der Waals surface area (Å²) < 4.78 is 17.9. The summed E-state index contributed by atoms with van der Waals surface area (Å²) in [6, 6.07) is -1.33. The molecule has 1 aromatic heterocycles. The van der Waals surface area contributed by atoms with Gasteiger partial charge in [-0.15, -0.1) is 11.3 Å². The molecule has 0 amide bonds. The van der Waals surface area contributed by atoms with Gasteiger partial charge < -0.3 is 50.6 Å². The summed E-state index contributed by atoms with van der Waals surface area (Å²) in [5.41, 5.74) is -1.72. The van der Waals surface area contributed by atoms with Crippen LogP contribution in [0.1, 0.15) is 18.4 Å². The Morgan fingerprint density at radius 2 is 1.88 bits per heavy atom. The number of nitrogens with one attached hydrogen (secondary N) is 3. The van der Waals surface area contributed by atoms with Crippen molar-refractivity contribution in [3.05, 3.63) is 16.6 Å². The van der Waals surface area contributed by atoms with E-state index in [9.17, 15) is 20.4 Å². The molecule has 2 saturated heterocycles. The van der Waals surface area contributed by atoms with Crippen molar-refractivity contribution in [2.45, 2.75) is 80.0 Å². The maximum absolute atomic E-state index is 11.6. The van der Waals surface area contributed by atoms with Crippen molar-refractivity contribution in [1.29, 1.82) is 0 Å². The number of nitrogens with zero attached hydrogens (tertiary/aromatic N) is 1. The van der Waals surface area contributed by atoms with E-state index in [0.717, 1.165) is 5.01 Å².